The van der Waals surface area contributed by atoms with Crippen LogP contribution in [0.4, 0.5) is 0 Å². The molecule has 0 N–H and O–H groups in total. The average Bonchev–Trinajstić information content (AvgIpc) is 1.54. The molecule has 22 aromatic rings. The Bertz CT molecular complexity index is 8220. The lowest BCUT2D eigenvalue weighted by Gasteiger charge is -2.18. The number of pyridine rings is 2. The highest BCUT2D eigenvalue weighted by molar-refractivity contribution is 6.16. The van der Waals surface area contributed by atoms with E-state index in [0.29, 0.717) is 144 Å². The largest absolute Gasteiger partial charge is 0.308 e. The fourth-order valence-electron chi connectivity index (χ4n) is 18.3. The molecule has 0 radical (unpaired) electrons. The van der Waals surface area contributed by atoms with Crippen LogP contribution in [0.1, 0.15) is 86.7 Å². The Morgan fingerprint density at radius 2 is 0.484 bits per heavy atom. The van der Waals surface area contributed by atoms with Gasteiger partial charge in [-0.25, -0.2) is 89.7 Å². The predicted octanol–water partition coefficient (Wildman–Crippen LogP) is 20.0. The van der Waals surface area contributed by atoms with Gasteiger partial charge in [0.1, 0.15) is 93.2 Å². The van der Waals surface area contributed by atoms with Gasteiger partial charge >= 0.3 is 0 Å². The Kier molecular flexibility index (Phi) is 18.1. The SMILES string of the molecule is Cc1nc(C)nc(-c2ccc3c(c2)c2ccccc2n3-c2cc(-c3ccnc(Cc4nc(C)nc(-c5ccc6c(c5)c5cc(-c7nc(C)nc(C)n7)ccc5n6-c5cc(-c6ccncc6)cc(-n6c7ccc(-c8nc(C)nc(C)n8)cc7c7cc(-c8nc(C)nc(C)n8)ccc76)c5C#N)n4)c3)cc(-n3c4ccccc4c4cc(-c5nc(C)nc(C)n5)ccc43)c2C#N)n1. The molecule has 26 nitrogen and oxygen atoms in total. The molecule has 128 heavy (non-hydrogen) atoms. The highest BCUT2D eigenvalue weighted by atomic mass is 15.1. The first-order valence-electron chi connectivity index (χ1n) is 41.7. The van der Waals surface area contributed by atoms with Crippen molar-refractivity contribution in [2.75, 3.05) is 0 Å². The molecule has 0 unspecified atom stereocenters. The molecule has 0 aliphatic rings. The molecule has 0 atom stereocenters. The summed E-state index contributed by atoms with van der Waals surface area (Å²) >= 11 is 0. The van der Waals surface area contributed by atoms with Crippen LogP contribution in [0.3, 0.4) is 0 Å². The fraction of sp³-hybridized carbons (Fsp3) is 0.118. The van der Waals surface area contributed by atoms with Gasteiger partial charge in [-0.2, -0.15) is 10.5 Å². The molecule has 0 spiro atoms. The first-order valence-corrected chi connectivity index (χ1v) is 41.7. The molecule has 26 heteroatoms. The summed E-state index contributed by atoms with van der Waals surface area (Å²) in [5, 5.41) is 31.6. The molecule has 0 bridgehead atoms. The highest BCUT2D eigenvalue weighted by Gasteiger charge is 2.29. The monoisotopic (exact) mass is 1660 g/mol. The van der Waals surface area contributed by atoms with Gasteiger partial charge in [-0.1, -0.05) is 36.4 Å². The van der Waals surface area contributed by atoms with Crippen LogP contribution in [-0.2, 0) is 6.42 Å². The van der Waals surface area contributed by atoms with E-state index in [0.717, 1.165) is 143 Å². The number of fused-ring (bicyclic) bond motifs is 12. The lowest BCUT2D eigenvalue weighted by Crippen LogP contribution is -2.06. The number of nitriles is 2. The quantitative estimate of drug-likeness (QED) is 0.0976. The maximum atomic E-state index is 12.2. The molecule has 10 aromatic carbocycles. The number of aromatic nitrogens is 24. The van der Waals surface area contributed by atoms with Crippen molar-refractivity contribution in [3.63, 3.8) is 0 Å². The third kappa shape index (κ3) is 13.2. The van der Waals surface area contributed by atoms with E-state index in [9.17, 15) is 10.5 Å². The van der Waals surface area contributed by atoms with Gasteiger partial charge < -0.3 is 18.3 Å². The first-order chi connectivity index (χ1) is 62.2. The summed E-state index contributed by atoms with van der Waals surface area (Å²) < 4.78 is 8.76. The van der Waals surface area contributed by atoms with E-state index >= 15 is 0 Å². The zero-order chi connectivity index (χ0) is 87.2. The summed E-state index contributed by atoms with van der Waals surface area (Å²) in [5.41, 5.74) is 19.1. The second kappa shape index (κ2) is 30.1. The second-order valence-corrected chi connectivity index (χ2v) is 32.1. The third-order valence-electron chi connectivity index (χ3n) is 23.4. The maximum absolute atomic E-state index is 12.2. The van der Waals surface area contributed by atoms with Crippen molar-refractivity contribution in [1.82, 2.24) is 118 Å². The molecule has 0 aliphatic heterocycles. The number of hydrogen-bond donors (Lipinski definition) is 0. The molecule has 0 saturated heterocycles. The van der Waals surface area contributed by atoms with Crippen LogP contribution in [-0.4, -0.2) is 118 Å². The van der Waals surface area contributed by atoms with E-state index in [1.165, 1.54) is 0 Å². The molecular weight excluding hydrogens is 1590 g/mol. The van der Waals surface area contributed by atoms with Gasteiger partial charge in [-0.05, 0) is 268 Å². The summed E-state index contributed by atoms with van der Waals surface area (Å²) in [5.74, 6) is 10.3. The van der Waals surface area contributed by atoms with Crippen molar-refractivity contribution >= 4 is 87.2 Å². The second-order valence-electron chi connectivity index (χ2n) is 32.1. The molecule has 0 saturated carbocycles. The third-order valence-corrected chi connectivity index (χ3v) is 23.4. The van der Waals surface area contributed by atoms with E-state index in [1.54, 1.807) is 12.4 Å². The Labute approximate surface area is 731 Å². The van der Waals surface area contributed by atoms with E-state index in [4.69, 9.17) is 69.8 Å². The Morgan fingerprint density at radius 1 is 0.227 bits per heavy atom. The summed E-state index contributed by atoms with van der Waals surface area (Å²) in [4.78, 5) is 95.6. The molecule has 22 rings (SSSR count). The van der Waals surface area contributed by atoms with Crippen molar-refractivity contribution < 1.29 is 0 Å². The lowest BCUT2D eigenvalue weighted by atomic mass is 9.99. The van der Waals surface area contributed by atoms with Gasteiger partial charge in [-0.15, -0.1) is 0 Å². The predicted molar refractivity (Wildman–Crippen MR) is 494 cm³/mol. The van der Waals surface area contributed by atoms with Gasteiger partial charge in [0.2, 0.25) is 0 Å². The molecule has 0 fully saturated rings. The van der Waals surface area contributed by atoms with Crippen molar-refractivity contribution in [1.29, 1.82) is 10.5 Å². The molecule has 12 aromatic heterocycles. The number of rotatable bonds is 14. The lowest BCUT2D eigenvalue weighted by molar-refractivity contribution is 0.872. The van der Waals surface area contributed by atoms with Gasteiger partial charge in [0, 0.05) is 101 Å². The molecule has 12 heterocycles. The van der Waals surface area contributed by atoms with Crippen molar-refractivity contribution in [2.24, 2.45) is 0 Å². The van der Waals surface area contributed by atoms with Crippen LogP contribution in [0.15, 0.2) is 225 Å². The Balaban J connectivity index is 0.700. The summed E-state index contributed by atoms with van der Waals surface area (Å²) in [6.07, 6.45) is 5.60. The highest BCUT2D eigenvalue weighted by Crippen LogP contribution is 2.46. The number of nitrogens with zero attached hydrogens (tertiary/aromatic N) is 26. The zero-order valence-electron chi connectivity index (χ0n) is 71.2. The number of benzene rings is 10. The Morgan fingerprint density at radius 3 is 0.789 bits per heavy atom. The van der Waals surface area contributed by atoms with Gasteiger partial charge in [0.15, 0.2) is 34.9 Å². The first kappa shape index (κ1) is 76.8. The molecule has 0 aliphatic carbocycles. The van der Waals surface area contributed by atoms with E-state index < -0.39 is 0 Å². The zero-order valence-corrected chi connectivity index (χ0v) is 71.2. The normalized spacial score (nSPS) is 11.7. The van der Waals surface area contributed by atoms with Gasteiger partial charge in [0.05, 0.1) is 73.3 Å². The van der Waals surface area contributed by atoms with E-state index in [-0.39, 0.29) is 6.42 Å². The fourth-order valence-corrected chi connectivity index (χ4v) is 18.3. The minimum absolute atomic E-state index is 0.221. The molecule has 610 valence electrons. The minimum Gasteiger partial charge on any atom is -0.308 e. The van der Waals surface area contributed by atoms with E-state index in [1.807, 2.05) is 161 Å². The standard InChI is InChI=1S/C102H72N26/c1-52-107-53(2)114-97(113-52)65-20-26-86-76(39-65)74-16-12-14-18-84(74)125(86)94-47-72(48-95(83(94)51-104)126-85-19-15-13-17-75(85)77-40-66(21-27-87(77)126)98-115-54(3)108-55(4)116-98)64-34-37-106-73(38-64)49-96-112-62(11)123-102(124-96)70-25-31-91-81(44-70)80-43-69(101-121-60(9)111-61(10)122-101)24-30-90(80)128(91)93-46-71(63-32-35-105-36-33-63)45-92(82(93)50-103)127-88-28-22-67(99-117-56(5)109-57(6)118-99)41-78(88)79-42-68(23-29-89(79)127)100-119-58(7)110-59(8)120-100/h12-48H,49H2,1-11H3. The number of hydrogen-bond acceptors (Lipinski definition) is 22. The van der Waals surface area contributed by atoms with Crippen LogP contribution in [0.25, 0.3) is 201 Å². The Hall–Kier alpha value is -17.3. The van der Waals surface area contributed by atoms with Crippen LogP contribution in [0.5, 0.6) is 0 Å². The molecule has 0 amide bonds. The van der Waals surface area contributed by atoms with Crippen molar-refractivity contribution in [3.05, 3.63) is 312 Å². The van der Waals surface area contributed by atoms with E-state index in [2.05, 4.69) is 188 Å². The topological polar surface area (TPSA) is 325 Å². The van der Waals surface area contributed by atoms with Crippen molar-refractivity contribution in [2.45, 2.75) is 82.6 Å². The van der Waals surface area contributed by atoms with Crippen LogP contribution in [0, 0.1) is 98.8 Å². The summed E-state index contributed by atoms with van der Waals surface area (Å²) in [7, 11) is 0. The average molecular weight is 1660 g/mol. The van der Waals surface area contributed by atoms with Crippen LogP contribution in [0.2, 0.25) is 0 Å². The van der Waals surface area contributed by atoms with Crippen LogP contribution < -0.4 is 0 Å². The minimum atomic E-state index is 0.221. The summed E-state index contributed by atoms with van der Waals surface area (Å²) in [6.45, 7) is 20.6. The summed E-state index contributed by atoms with van der Waals surface area (Å²) in [6, 6.07) is 76.0. The number of aryl methyl sites for hydroxylation is 11. The van der Waals surface area contributed by atoms with Crippen LogP contribution >= 0.6 is 0 Å². The maximum Gasteiger partial charge on any atom is 0.163 e. The van der Waals surface area contributed by atoms with Crippen molar-refractivity contribution in [3.8, 4) is 125 Å². The van der Waals surface area contributed by atoms with Gasteiger partial charge in [-0.3, -0.25) is 9.97 Å². The smallest absolute Gasteiger partial charge is 0.163 e. The number of para-hydroxylation sites is 2. The van der Waals surface area contributed by atoms with Gasteiger partial charge in [0.25, 0.3) is 0 Å². The molecular formula is C102H72N26.